The Hall–Kier alpha value is -1.36. The third-order valence-corrected chi connectivity index (χ3v) is 4.47. The topological polar surface area (TPSA) is 66.8 Å². The zero-order valence-electron chi connectivity index (χ0n) is 10.6. The second-order valence-corrected chi connectivity index (χ2v) is 5.92. The summed E-state index contributed by atoms with van der Waals surface area (Å²) in [5.74, 6) is 1.81. The maximum absolute atomic E-state index is 11.3. The number of ether oxygens (including phenoxy) is 1. The van der Waals surface area contributed by atoms with Gasteiger partial charge in [-0.25, -0.2) is 0 Å². The van der Waals surface area contributed by atoms with E-state index in [0.717, 1.165) is 24.3 Å². The predicted octanol–water partition coefficient (Wildman–Crippen LogP) is 2.62. The van der Waals surface area contributed by atoms with Crippen molar-refractivity contribution in [3.63, 3.8) is 0 Å². The zero-order chi connectivity index (χ0) is 13.7. The normalized spacial score (nSPS) is 17.9. The molecular weight excluding hydrogens is 264 g/mol. The molecule has 2 rings (SSSR count). The van der Waals surface area contributed by atoms with Gasteiger partial charge in [-0.3, -0.25) is 4.79 Å². The molecular formula is C14H18O4S. The molecule has 1 fully saturated rings. The van der Waals surface area contributed by atoms with Crippen LogP contribution in [0.15, 0.2) is 24.3 Å². The zero-order valence-corrected chi connectivity index (χ0v) is 11.4. The van der Waals surface area contributed by atoms with Crippen LogP contribution >= 0.6 is 11.8 Å². The van der Waals surface area contributed by atoms with E-state index in [4.69, 9.17) is 4.74 Å². The molecule has 1 aromatic rings. The largest absolute Gasteiger partial charge is 0.508 e. The first-order valence-corrected chi connectivity index (χ1v) is 7.54. The Morgan fingerprint density at radius 3 is 2.53 bits per heavy atom. The van der Waals surface area contributed by atoms with Crippen LogP contribution in [0.5, 0.6) is 11.5 Å². The van der Waals surface area contributed by atoms with Crippen molar-refractivity contribution in [1.29, 1.82) is 0 Å². The van der Waals surface area contributed by atoms with E-state index in [0.29, 0.717) is 5.75 Å². The van der Waals surface area contributed by atoms with Crippen molar-refractivity contribution in [3.05, 3.63) is 24.3 Å². The van der Waals surface area contributed by atoms with Crippen LogP contribution in [0.3, 0.4) is 0 Å². The molecule has 2 N–H and O–H groups in total. The molecule has 5 heteroatoms. The van der Waals surface area contributed by atoms with Crippen molar-refractivity contribution in [2.45, 2.75) is 12.8 Å². The van der Waals surface area contributed by atoms with E-state index >= 15 is 0 Å². The van der Waals surface area contributed by atoms with Crippen LogP contribution in [0.1, 0.15) is 12.8 Å². The molecule has 0 radical (unpaired) electrons. The van der Waals surface area contributed by atoms with Gasteiger partial charge in [-0.05, 0) is 54.5 Å². The van der Waals surface area contributed by atoms with E-state index < -0.39 is 11.9 Å². The minimum atomic E-state index is -0.782. The number of benzene rings is 1. The van der Waals surface area contributed by atoms with Crippen LogP contribution in [0.4, 0.5) is 0 Å². The number of aliphatic carboxylic acids is 1. The van der Waals surface area contributed by atoms with Crippen molar-refractivity contribution in [1.82, 2.24) is 0 Å². The quantitative estimate of drug-likeness (QED) is 0.869. The predicted molar refractivity (Wildman–Crippen MR) is 74.8 cm³/mol. The highest BCUT2D eigenvalue weighted by atomic mass is 32.2. The number of hydrogen-bond acceptors (Lipinski definition) is 4. The number of carboxylic acids is 1. The van der Waals surface area contributed by atoms with Gasteiger partial charge in [-0.15, -0.1) is 0 Å². The number of thioether (sulfide) groups is 1. The summed E-state index contributed by atoms with van der Waals surface area (Å²) in [6.45, 7) is 0.190. The van der Waals surface area contributed by atoms with Crippen molar-refractivity contribution < 1.29 is 19.7 Å². The van der Waals surface area contributed by atoms with E-state index in [1.165, 1.54) is 12.1 Å². The number of hydrogen-bond donors (Lipinski definition) is 2. The molecule has 1 aromatic carbocycles. The molecule has 1 unspecified atom stereocenters. The maximum Gasteiger partial charge on any atom is 0.310 e. The summed E-state index contributed by atoms with van der Waals surface area (Å²) in [6, 6.07) is 6.35. The average molecular weight is 282 g/mol. The smallest absolute Gasteiger partial charge is 0.310 e. The first kappa shape index (κ1) is 14.1. The van der Waals surface area contributed by atoms with Gasteiger partial charge in [0.15, 0.2) is 0 Å². The van der Waals surface area contributed by atoms with Gasteiger partial charge >= 0.3 is 5.97 Å². The van der Waals surface area contributed by atoms with E-state index in [9.17, 15) is 15.0 Å². The van der Waals surface area contributed by atoms with Gasteiger partial charge in [-0.1, -0.05) is 0 Å². The van der Waals surface area contributed by atoms with Crippen LogP contribution in [0.2, 0.25) is 0 Å². The van der Waals surface area contributed by atoms with Crippen molar-refractivity contribution in [2.24, 2.45) is 11.8 Å². The number of carboxylic acid groups (broad SMARTS) is 1. The number of phenols is 1. The molecule has 1 saturated heterocycles. The molecule has 0 spiro atoms. The summed E-state index contributed by atoms with van der Waals surface area (Å²) in [7, 11) is 0. The third-order valence-electron chi connectivity index (χ3n) is 3.42. The lowest BCUT2D eigenvalue weighted by molar-refractivity contribution is -0.145. The fourth-order valence-electron chi connectivity index (χ4n) is 2.26. The standard InChI is InChI=1S/C14H18O4S/c15-11-1-3-12(4-2-11)18-9-13(14(16)17)10-5-7-19-8-6-10/h1-4,10,13,15H,5-9H2,(H,16,17). The Morgan fingerprint density at radius 1 is 1.32 bits per heavy atom. The van der Waals surface area contributed by atoms with Crippen LogP contribution in [-0.4, -0.2) is 34.3 Å². The summed E-state index contributed by atoms with van der Waals surface area (Å²) in [4.78, 5) is 11.3. The maximum atomic E-state index is 11.3. The molecule has 1 atom stereocenters. The Balaban J connectivity index is 1.93. The van der Waals surface area contributed by atoms with Gasteiger partial charge in [0.05, 0.1) is 5.92 Å². The highest BCUT2D eigenvalue weighted by Gasteiger charge is 2.30. The summed E-state index contributed by atoms with van der Waals surface area (Å²) < 4.78 is 5.54. The van der Waals surface area contributed by atoms with Gasteiger partial charge in [0.1, 0.15) is 18.1 Å². The Labute approximate surface area is 116 Å². The fraction of sp³-hybridized carbons (Fsp3) is 0.500. The molecule has 19 heavy (non-hydrogen) atoms. The number of carbonyl (C=O) groups is 1. The van der Waals surface area contributed by atoms with Crippen LogP contribution in [0, 0.1) is 11.8 Å². The molecule has 0 amide bonds. The van der Waals surface area contributed by atoms with Crippen LogP contribution in [-0.2, 0) is 4.79 Å². The summed E-state index contributed by atoms with van der Waals surface area (Å²) in [5, 5.41) is 18.5. The Bertz CT molecular complexity index is 412. The molecule has 104 valence electrons. The second-order valence-electron chi connectivity index (χ2n) is 4.70. The van der Waals surface area contributed by atoms with Crippen molar-refractivity contribution in [2.75, 3.05) is 18.1 Å². The minimum Gasteiger partial charge on any atom is -0.508 e. The van der Waals surface area contributed by atoms with Gasteiger partial charge < -0.3 is 14.9 Å². The molecule has 0 aliphatic carbocycles. The number of rotatable bonds is 5. The fourth-order valence-corrected chi connectivity index (χ4v) is 3.40. The SMILES string of the molecule is O=C(O)C(COc1ccc(O)cc1)C1CCSCC1. The third kappa shape index (κ3) is 4.06. The lowest BCUT2D eigenvalue weighted by Gasteiger charge is -2.27. The van der Waals surface area contributed by atoms with Gasteiger partial charge in [0.2, 0.25) is 0 Å². The summed E-state index contributed by atoms with van der Waals surface area (Å²) >= 11 is 1.88. The molecule has 1 aliphatic rings. The number of aromatic hydroxyl groups is 1. The average Bonchev–Trinajstić information content (AvgIpc) is 2.42. The lowest BCUT2D eigenvalue weighted by atomic mass is 9.88. The molecule has 0 aromatic heterocycles. The van der Waals surface area contributed by atoms with Crippen LogP contribution < -0.4 is 4.74 Å². The van der Waals surface area contributed by atoms with Gasteiger partial charge in [-0.2, -0.15) is 11.8 Å². The molecule has 1 heterocycles. The first-order chi connectivity index (χ1) is 9.16. The Kier molecular flexibility index (Phi) is 4.96. The number of phenolic OH excluding ortho intramolecular Hbond substituents is 1. The van der Waals surface area contributed by atoms with E-state index in [2.05, 4.69) is 0 Å². The van der Waals surface area contributed by atoms with Crippen molar-refractivity contribution >= 4 is 17.7 Å². The summed E-state index contributed by atoms with van der Waals surface area (Å²) in [5.41, 5.74) is 0. The first-order valence-electron chi connectivity index (χ1n) is 6.39. The molecule has 4 nitrogen and oxygen atoms in total. The molecule has 1 aliphatic heterocycles. The van der Waals surface area contributed by atoms with Gasteiger partial charge in [0, 0.05) is 0 Å². The minimum absolute atomic E-state index is 0.173. The van der Waals surface area contributed by atoms with Crippen molar-refractivity contribution in [3.8, 4) is 11.5 Å². The summed E-state index contributed by atoms with van der Waals surface area (Å²) in [6.07, 6.45) is 1.89. The molecule has 0 bridgehead atoms. The molecule has 0 saturated carbocycles. The second kappa shape index (κ2) is 6.70. The van der Waals surface area contributed by atoms with Crippen LogP contribution in [0.25, 0.3) is 0 Å². The van der Waals surface area contributed by atoms with E-state index in [1.807, 2.05) is 11.8 Å². The lowest BCUT2D eigenvalue weighted by Crippen LogP contribution is -2.31. The van der Waals surface area contributed by atoms with Gasteiger partial charge in [0.25, 0.3) is 0 Å². The Morgan fingerprint density at radius 2 is 1.95 bits per heavy atom. The monoisotopic (exact) mass is 282 g/mol. The highest BCUT2D eigenvalue weighted by molar-refractivity contribution is 7.99. The van der Waals surface area contributed by atoms with E-state index in [-0.39, 0.29) is 18.3 Å². The highest BCUT2D eigenvalue weighted by Crippen LogP contribution is 2.30. The van der Waals surface area contributed by atoms with E-state index in [1.54, 1.807) is 12.1 Å².